The Balaban J connectivity index is 1.18. The van der Waals surface area contributed by atoms with Crippen LogP contribution in [0.5, 0.6) is 5.75 Å². The Morgan fingerprint density at radius 1 is 0.971 bits per heavy atom. The molecule has 0 aliphatic rings. The second-order valence-electron chi connectivity index (χ2n) is 7.73. The van der Waals surface area contributed by atoms with Crippen molar-refractivity contribution in [3.05, 3.63) is 89.4 Å². The zero-order valence-corrected chi connectivity index (χ0v) is 19.6. The topological polar surface area (TPSA) is 107 Å². The minimum atomic E-state index is -0.409. The largest absolute Gasteiger partial charge is 0.486 e. The molecule has 176 valence electrons. The lowest BCUT2D eigenvalue weighted by atomic mass is 10.1. The van der Waals surface area contributed by atoms with Gasteiger partial charge in [0.15, 0.2) is 16.7 Å². The predicted octanol–water partition coefficient (Wildman–Crippen LogP) is 5.62. The Kier molecular flexibility index (Phi) is 6.32. The number of fused-ring (bicyclic) bond motifs is 1. The smallest absolute Gasteiger partial charge is 0.293 e. The van der Waals surface area contributed by atoms with Crippen LogP contribution in [0.1, 0.15) is 29.0 Å². The number of thiazole rings is 1. The molecule has 0 unspecified atom stereocenters. The molecule has 5 aromatic rings. The minimum Gasteiger partial charge on any atom is -0.486 e. The summed E-state index contributed by atoms with van der Waals surface area (Å²) in [5.41, 5.74) is 0.586. The highest BCUT2D eigenvalue weighted by Crippen LogP contribution is 2.27. The molecule has 35 heavy (non-hydrogen) atoms. The number of anilines is 1. The first-order chi connectivity index (χ1) is 17.0. The highest BCUT2D eigenvalue weighted by Gasteiger charge is 2.15. The van der Waals surface area contributed by atoms with Crippen molar-refractivity contribution in [1.82, 2.24) is 10.3 Å². The van der Waals surface area contributed by atoms with Gasteiger partial charge in [0.05, 0.1) is 6.54 Å². The van der Waals surface area contributed by atoms with Gasteiger partial charge >= 0.3 is 0 Å². The van der Waals surface area contributed by atoms with Gasteiger partial charge in [-0.25, -0.2) is 4.98 Å². The van der Waals surface area contributed by atoms with Crippen molar-refractivity contribution in [2.24, 2.45) is 0 Å². The molecule has 9 heteroatoms. The van der Waals surface area contributed by atoms with E-state index in [1.54, 1.807) is 29.6 Å². The van der Waals surface area contributed by atoms with Crippen LogP contribution in [0.4, 0.5) is 5.13 Å². The molecule has 0 aliphatic heterocycles. The molecular formula is C26H21N3O5S. The average molecular weight is 488 g/mol. The van der Waals surface area contributed by atoms with Crippen LogP contribution in [0, 0.1) is 0 Å². The van der Waals surface area contributed by atoms with Crippen LogP contribution in [-0.2, 0) is 17.9 Å². The number of nitrogens with one attached hydrogen (secondary N) is 2. The highest BCUT2D eigenvalue weighted by molar-refractivity contribution is 7.14. The van der Waals surface area contributed by atoms with Gasteiger partial charge < -0.3 is 18.9 Å². The summed E-state index contributed by atoms with van der Waals surface area (Å²) in [5, 5.41) is 9.83. The normalized spacial score (nSPS) is 10.9. The number of hydrogen-bond acceptors (Lipinski definition) is 7. The molecular weight excluding hydrogens is 466 g/mol. The molecule has 2 N–H and O–H groups in total. The predicted molar refractivity (Wildman–Crippen MR) is 132 cm³/mol. The summed E-state index contributed by atoms with van der Waals surface area (Å²) in [6.45, 7) is 1.94. The quantitative estimate of drug-likeness (QED) is 0.294. The molecule has 3 heterocycles. The Morgan fingerprint density at radius 2 is 1.80 bits per heavy atom. The highest BCUT2D eigenvalue weighted by atomic mass is 32.1. The van der Waals surface area contributed by atoms with Crippen molar-refractivity contribution in [1.29, 1.82) is 0 Å². The van der Waals surface area contributed by atoms with E-state index in [9.17, 15) is 9.59 Å². The lowest BCUT2D eigenvalue weighted by Crippen LogP contribution is -2.18. The van der Waals surface area contributed by atoms with Gasteiger partial charge in [-0.1, -0.05) is 30.3 Å². The zero-order chi connectivity index (χ0) is 24.2. The van der Waals surface area contributed by atoms with E-state index < -0.39 is 5.91 Å². The Labute approximate surface area is 204 Å². The third kappa shape index (κ3) is 5.42. The van der Waals surface area contributed by atoms with E-state index >= 15 is 0 Å². The van der Waals surface area contributed by atoms with Crippen LogP contribution in [-0.4, -0.2) is 16.8 Å². The number of carbonyl (C=O) groups excluding carboxylic acids is 2. The van der Waals surface area contributed by atoms with Crippen LogP contribution >= 0.6 is 11.3 Å². The molecule has 2 amide bonds. The number of amides is 2. The summed E-state index contributed by atoms with van der Waals surface area (Å²) < 4.78 is 17.2. The minimum absolute atomic E-state index is 0.136. The fraction of sp³-hybridized carbons (Fsp3) is 0.115. The molecule has 0 atom stereocenters. The number of furan rings is 2. The summed E-state index contributed by atoms with van der Waals surface area (Å²) in [7, 11) is 0. The first-order valence-electron chi connectivity index (χ1n) is 10.8. The third-order valence-electron chi connectivity index (χ3n) is 5.14. The van der Waals surface area contributed by atoms with E-state index in [0.29, 0.717) is 34.7 Å². The molecule has 8 nitrogen and oxygen atoms in total. The Morgan fingerprint density at radius 3 is 2.66 bits per heavy atom. The summed E-state index contributed by atoms with van der Waals surface area (Å²) in [6, 6.07) is 20.8. The van der Waals surface area contributed by atoms with Gasteiger partial charge in [-0.3, -0.25) is 14.9 Å². The van der Waals surface area contributed by atoms with Crippen molar-refractivity contribution < 1.29 is 23.2 Å². The fourth-order valence-corrected chi connectivity index (χ4v) is 4.11. The van der Waals surface area contributed by atoms with E-state index in [1.165, 1.54) is 18.3 Å². The van der Waals surface area contributed by atoms with Gasteiger partial charge in [-0.05, 0) is 47.2 Å². The molecule has 0 spiro atoms. The van der Waals surface area contributed by atoms with Crippen molar-refractivity contribution in [3.63, 3.8) is 0 Å². The van der Waals surface area contributed by atoms with Gasteiger partial charge in [0.2, 0.25) is 5.91 Å². The molecule has 0 fully saturated rings. The maximum atomic E-state index is 12.6. The molecule has 0 saturated heterocycles. The standard InChI is InChI=1S/C26H21N3O5S/c1-16(30)27-13-20-8-10-23(33-20)22-15-35-26(28-22)29-25(31)24-11-9-21(34-24)14-32-19-7-6-17-4-2-3-5-18(17)12-19/h2-12,15H,13-14H2,1H3,(H,27,30)(H,28,29,31). The van der Waals surface area contributed by atoms with Crippen molar-refractivity contribution in [3.8, 4) is 17.2 Å². The van der Waals surface area contributed by atoms with Crippen molar-refractivity contribution in [2.45, 2.75) is 20.1 Å². The van der Waals surface area contributed by atoms with Crippen LogP contribution in [0.15, 0.2) is 80.9 Å². The number of ether oxygens (including phenoxy) is 1. The number of carbonyl (C=O) groups is 2. The van der Waals surface area contributed by atoms with Gasteiger partial charge in [0.1, 0.15) is 29.6 Å². The molecule has 0 aliphatic carbocycles. The van der Waals surface area contributed by atoms with Crippen LogP contribution in [0.3, 0.4) is 0 Å². The number of rotatable bonds is 8. The zero-order valence-electron chi connectivity index (χ0n) is 18.7. The van der Waals surface area contributed by atoms with E-state index in [2.05, 4.69) is 15.6 Å². The molecule has 2 aromatic carbocycles. The monoisotopic (exact) mass is 487 g/mol. The van der Waals surface area contributed by atoms with E-state index in [4.69, 9.17) is 13.6 Å². The Bertz CT molecular complexity index is 1500. The SMILES string of the molecule is CC(=O)NCc1ccc(-c2csc(NC(=O)c3ccc(COc4ccc5ccccc5c4)o3)n2)o1. The van der Waals surface area contributed by atoms with Crippen LogP contribution in [0.25, 0.3) is 22.2 Å². The number of nitrogens with zero attached hydrogens (tertiary/aromatic N) is 1. The summed E-state index contributed by atoms with van der Waals surface area (Å²) in [4.78, 5) is 28.1. The van der Waals surface area contributed by atoms with Gasteiger partial charge in [0.25, 0.3) is 5.91 Å². The third-order valence-corrected chi connectivity index (χ3v) is 5.90. The van der Waals surface area contributed by atoms with E-state index in [1.807, 2.05) is 42.5 Å². The lowest BCUT2D eigenvalue weighted by Gasteiger charge is -2.05. The van der Waals surface area contributed by atoms with Gasteiger partial charge in [-0.15, -0.1) is 11.3 Å². The first-order valence-corrected chi connectivity index (χ1v) is 11.7. The maximum absolute atomic E-state index is 12.6. The average Bonchev–Trinajstić information content (AvgIpc) is 3.62. The first kappa shape index (κ1) is 22.4. The summed E-state index contributed by atoms with van der Waals surface area (Å²) in [6.07, 6.45) is 0. The fourth-order valence-electron chi connectivity index (χ4n) is 3.41. The number of aromatic nitrogens is 1. The second-order valence-corrected chi connectivity index (χ2v) is 8.59. The molecule has 0 bridgehead atoms. The molecule has 5 rings (SSSR count). The van der Waals surface area contributed by atoms with Gasteiger partial charge in [-0.2, -0.15) is 0 Å². The van der Waals surface area contributed by atoms with Gasteiger partial charge in [0, 0.05) is 12.3 Å². The second kappa shape index (κ2) is 9.86. The van der Waals surface area contributed by atoms with Crippen molar-refractivity contribution in [2.75, 3.05) is 5.32 Å². The summed E-state index contributed by atoms with van der Waals surface area (Å²) >= 11 is 1.27. The Hall–Kier alpha value is -4.37. The molecule has 0 saturated carbocycles. The van der Waals surface area contributed by atoms with E-state index in [-0.39, 0.29) is 18.3 Å². The van der Waals surface area contributed by atoms with Crippen molar-refractivity contribution >= 4 is 39.1 Å². The van der Waals surface area contributed by atoms with Crippen LogP contribution in [0.2, 0.25) is 0 Å². The number of benzene rings is 2. The van der Waals surface area contributed by atoms with E-state index in [0.717, 1.165) is 16.5 Å². The number of hydrogen-bond donors (Lipinski definition) is 2. The lowest BCUT2D eigenvalue weighted by molar-refractivity contribution is -0.119. The molecule has 0 radical (unpaired) electrons. The maximum Gasteiger partial charge on any atom is 0.293 e. The molecule has 3 aromatic heterocycles. The summed E-state index contributed by atoms with van der Waals surface area (Å²) in [5.74, 6) is 2.03. The van der Waals surface area contributed by atoms with Crippen LogP contribution < -0.4 is 15.4 Å².